The molecule has 0 spiro atoms. The Labute approximate surface area is 123 Å². The topological polar surface area (TPSA) is 26.3 Å². The second-order valence-corrected chi connectivity index (χ2v) is 6.04. The first kappa shape index (κ1) is 13.4. The predicted octanol–water partition coefficient (Wildman–Crippen LogP) is 4.45. The maximum atomic E-state index is 12.5. The Morgan fingerprint density at radius 3 is 3.05 bits per heavy atom. The first-order chi connectivity index (χ1) is 9.79. The summed E-state index contributed by atoms with van der Waals surface area (Å²) in [4.78, 5) is 13.5. The number of ether oxygens (including phenoxy) is 1. The molecule has 1 aromatic carbocycles. The van der Waals surface area contributed by atoms with Crippen molar-refractivity contribution in [2.24, 2.45) is 0 Å². The minimum Gasteiger partial charge on any atom is -0.493 e. The lowest BCUT2D eigenvalue weighted by Crippen LogP contribution is -2.17. The molecule has 0 N–H and O–H groups in total. The molecule has 2 aromatic rings. The van der Waals surface area contributed by atoms with Gasteiger partial charge < -0.3 is 4.74 Å². The smallest absolute Gasteiger partial charge is 0.173 e. The highest BCUT2D eigenvalue weighted by atomic mass is 32.1. The van der Waals surface area contributed by atoms with Crippen molar-refractivity contribution in [1.29, 1.82) is 0 Å². The highest BCUT2D eigenvalue weighted by molar-refractivity contribution is 7.12. The third-order valence-electron chi connectivity index (χ3n) is 3.90. The van der Waals surface area contributed by atoms with E-state index in [4.69, 9.17) is 4.74 Å². The number of carbonyl (C=O) groups is 1. The summed E-state index contributed by atoms with van der Waals surface area (Å²) < 4.78 is 5.66. The molecule has 20 heavy (non-hydrogen) atoms. The van der Waals surface area contributed by atoms with Crippen LogP contribution in [0.2, 0.25) is 0 Å². The standard InChI is InChI=1S/C17H18O2S/c1-2-12-8-10-20-17(12)15(18)11-13-7-9-19-16-6-4-3-5-14(13)16/h3-6,8,10,13H,2,7,9,11H2,1H3. The SMILES string of the molecule is CCc1ccsc1C(=O)CC1CCOc2ccccc21. The average Bonchev–Trinajstić information content (AvgIpc) is 2.96. The third kappa shape index (κ3) is 2.50. The highest BCUT2D eigenvalue weighted by Crippen LogP contribution is 2.36. The molecule has 1 unspecified atom stereocenters. The fourth-order valence-electron chi connectivity index (χ4n) is 2.80. The van der Waals surface area contributed by atoms with E-state index in [1.165, 1.54) is 11.1 Å². The molecule has 0 saturated heterocycles. The number of rotatable bonds is 4. The Morgan fingerprint density at radius 1 is 1.35 bits per heavy atom. The van der Waals surface area contributed by atoms with Crippen molar-refractivity contribution < 1.29 is 9.53 Å². The molecule has 0 fully saturated rings. The van der Waals surface area contributed by atoms with Gasteiger partial charge >= 0.3 is 0 Å². The zero-order valence-corrected chi connectivity index (χ0v) is 12.4. The molecule has 2 nitrogen and oxygen atoms in total. The van der Waals surface area contributed by atoms with Crippen molar-refractivity contribution >= 4 is 17.1 Å². The molecular formula is C17H18O2S. The summed E-state index contributed by atoms with van der Waals surface area (Å²) in [5, 5.41) is 2.02. The quantitative estimate of drug-likeness (QED) is 0.776. The van der Waals surface area contributed by atoms with Gasteiger partial charge in [-0.05, 0) is 47.4 Å². The van der Waals surface area contributed by atoms with Gasteiger partial charge in [-0.3, -0.25) is 4.79 Å². The summed E-state index contributed by atoms with van der Waals surface area (Å²) >= 11 is 1.57. The van der Waals surface area contributed by atoms with E-state index in [2.05, 4.69) is 19.1 Å². The lowest BCUT2D eigenvalue weighted by Gasteiger charge is -2.25. The van der Waals surface area contributed by atoms with E-state index in [0.29, 0.717) is 18.9 Å². The van der Waals surface area contributed by atoms with Gasteiger partial charge in [-0.1, -0.05) is 25.1 Å². The minimum atomic E-state index is 0.276. The highest BCUT2D eigenvalue weighted by Gasteiger charge is 2.25. The number of thiophene rings is 1. The number of Topliss-reactive ketones (excluding diaryl/α,β-unsaturated/α-hetero) is 1. The van der Waals surface area contributed by atoms with Gasteiger partial charge in [-0.2, -0.15) is 0 Å². The number of hydrogen-bond acceptors (Lipinski definition) is 3. The second kappa shape index (κ2) is 5.80. The van der Waals surface area contributed by atoms with Gasteiger partial charge in [0.05, 0.1) is 11.5 Å². The molecule has 1 aromatic heterocycles. The van der Waals surface area contributed by atoms with Crippen LogP contribution < -0.4 is 4.74 Å². The van der Waals surface area contributed by atoms with Gasteiger partial charge in [0, 0.05) is 6.42 Å². The van der Waals surface area contributed by atoms with Crippen LogP contribution in [0, 0.1) is 0 Å². The van der Waals surface area contributed by atoms with E-state index in [1.807, 2.05) is 23.6 Å². The van der Waals surface area contributed by atoms with E-state index in [0.717, 1.165) is 23.5 Å². The zero-order chi connectivity index (χ0) is 13.9. The number of fused-ring (bicyclic) bond motifs is 1. The average molecular weight is 286 g/mol. The van der Waals surface area contributed by atoms with Crippen LogP contribution in [0.5, 0.6) is 5.75 Å². The van der Waals surface area contributed by atoms with E-state index < -0.39 is 0 Å². The molecule has 3 heteroatoms. The molecule has 3 rings (SSSR count). The lowest BCUT2D eigenvalue weighted by atomic mass is 9.88. The van der Waals surface area contributed by atoms with Crippen LogP contribution in [0.25, 0.3) is 0 Å². The molecule has 104 valence electrons. The molecule has 0 radical (unpaired) electrons. The number of benzene rings is 1. The van der Waals surface area contributed by atoms with Gasteiger partial charge in [0.2, 0.25) is 0 Å². The van der Waals surface area contributed by atoms with Crippen molar-refractivity contribution in [3.8, 4) is 5.75 Å². The van der Waals surface area contributed by atoms with Crippen LogP contribution in [0.3, 0.4) is 0 Å². The molecule has 0 amide bonds. The monoisotopic (exact) mass is 286 g/mol. The van der Waals surface area contributed by atoms with Crippen molar-refractivity contribution in [2.45, 2.75) is 32.1 Å². The van der Waals surface area contributed by atoms with E-state index >= 15 is 0 Å². The number of carbonyl (C=O) groups excluding carboxylic acids is 1. The summed E-state index contributed by atoms with van der Waals surface area (Å²) in [5.41, 5.74) is 2.36. The van der Waals surface area contributed by atoms with E-state index in [9.17, 15) is 4.79 Å². The van der Waals surface area contributed by atoms with Gasteiger partial charge in [0.25, 0.3) is 0 Å². The summed E-state index contributed by atoms with van der Waals surface area (Å²) in [5.74, 6) is 1.51. The Balaban J connectivity index is 1.81. The molecule has 1 atom stereocenters. The Bertz CT molecular complexity index is 615. The van der Waals surface area contributed by atoms with Crippen LogP contribution in [-0.4, -0.2) is 12.4 Å². The molecule has 0 aliphatic carbocycles. The molecule has 1 aliphatic heterocycles. The lowest BCUT2D eigenvalue weighted by molar-refractivity contribution is 0.0969. The van der Waals surface area contributed by atoms with Crippen LogP contribution in [0.1, 0.15) is 46.5 Å². The Hall–Kier alpha value is -1.61. The van der Waals surface area contributed by atoms with Gasteiger partial charge in [-0.15, -0.1) is 11.3 Å². The zero-order valence-electron chi connectivity index (χ0n) is 11.6. The number of ketones is 1. The van der Waals surface area contributed by atoms with Crippen LogP contribution in [0.15, 0.2) is 35.7 Å². The maximum Gasteiger partial charge on any atom is 0.173 e. The normalized spacial score (nSPS) is 17.4. The van der Waals surface area contributed by atoms with Crippen molar-refractivity contribution in [3.05, 3.63) is 51.7 Å². The minimum absolute atomic E-state index is 0.276. The Kier molecular flexibility index (Phi) is 3.88. The molecule has 0 bridgehead atoms. The fourth-order valence-corrected chi connectivity index (χ4v) is 3.75. The van der Waals surface area contributed by atoms with Crippen LogP contribution in [0.4, 0.5) is 0 Å². The van der Waals surface area contributed by atoms with Gasteiger partial charge in [0.1, 0.15) is 5.75 Å². The van der Waals surface area contributed by atoms with E-state index in [1.54, 1.807) is 11.3 Å². The first-order valence-corrected chi connectivity index (χ1v) is 7.99. The second-order valence-electron chi connectivity index (χ2n) is 5.13. The summed E-state index contributed by atoms with van der Waals surface area (Å²) in [6.45, 7) is 2.81. The number of aryl methyl sites for hydroxylation is 1. The van der Waals surface area contributed by atoms with Crippen LogP contribution in [-0.2, 0) is 6.42 Å². The summed E-state index contributed by atoms with van der Waals surface area (Å²) in [6.07, 6.45) is 2.44. The fraction of sp³-hybridized carbons (Fsp3) is 0.353. The van der Waals surface area contributed by atoms with E-state index in [-0.39, 0.29) is 5.78 Å². The summed E-state index contributed by atoms with van der Waals surface area (Å²) in [7, 11) is 0. The summed E-state index contributed by atoms with van der Waals surface area (Å²) in [6, 6.07) is 10.1. The molecule has 2 heterocycles. The molecule has 0 saturated carbocycles. The van der Waals surface area contributed by atoms with Crippen LogP contribution >= 0.6 is 11.3 Å². The van der Waals surface area contributed by atoms with Crippen molar-refractivity contribution in [3.63, 3.8) is 0 Å². The van der Waals surface area contributed by atoms with Gasteiger partial charge in [-0.25, -0.2) is 0 Å². The van der Waals surface area contributed by atoms with Crippen molar-refractivity contribution in [1.82, 2.24) is 0 Å². The van der Waals surface area contributed by atoms with Gasteiger partial charge in [0.15, 0.2) is 5.78 Å². The predicted molar refractivity (Wildman–Crippen MR) is 81.9 cm³/mol. The third-order valence-corrected chi connectivity index (χ3v) is 4.89. The van der Waals surface area contributed by atoms with Crippen molar-refractivity contribution in [2.75, 3.05) is 6.61 Å². The number of para-hydroxylation sites is 1. The molecular weight excluding hydrogens is 268 g/mol. The largest absolute Gasteiger partial charge is 0.493 e. The Morgan fingerprint density at radius 2 is 2.20 bits per heavy atom. The first-order valence-electron chi connectivity index (χ1n) is 7.11. The molecule has 1 aliphatic rings. The maximum absolute atomic E-state index is 12.5. The number of hydrogen-bond donors (Lipinski definition) is 0.